The molecule has 0 unspecified atom stereocenters. The largest absolute Gasteiger partial charge is 0.493 e. The van der Waals surface area contributed by atoms with Crippen LogP contribution in [0.15, 0.2) is 18.2 Å². The average molecular weight is 299 g/mol. The number of thiophene rings is 1. The van der Waals surface area contributed by atoms with Gasteiger partial charge in [-0.15, -0.1) is 11.3 Å². The van der Waals surface area contributed by atoms with E-state index in [1.165, 1.54) is 11.3 Å². The molecule has 1 aromatic heterocycles. The number of hydrogen-bond donors (Lipinski definition) is 2. The molecule has 0 bridgehead atoms. The van der Waals surface area contributed by atoms with Crippen LogP contribution in [0.25, 0.3) is 10.1 Å². The summed E-state index contributed by atoms with van der Waals surface area (Å²) in [6.07, 6.45) is 1.69. The zero-order valence-electron chi connectivity index (χ0n) is 11.3. The summed E-state index contributed by atoms with van der Waals surface area (Å²) in [4.78, 5) is 12.2. The maximum absolute atomic E-state index is 11.5. The van der Waals surface area contributed by atoms with Crippen LogP contribution in [0, 0.1) is 0 Å². The Labute approximate surface area is 122 Å². The Morgan fingerprint density at radius 1 is 1.16 bits per heavy atom. The highest BCUT2D eigenvalue weighted by Crippen LogP contribution is 2.36. The van der Waals surface area contributed by atoms with E-state index in [2.05, 4.69) is 17.9 Å². The molecule has 2 rings (SSSR count). The fraction of sp³-hybridized carbons (Fsp3) is 0.308. The summed E-state index contributed by atoms with van der Waals surface area (Å²) in [6, 6.07) is 5.60. The van der Waals surface area contributed by atoms with Gasteiger partial charge in [-0.3, -0.25) is 4.79 Å². The summed E-state index contributed by atoms with van der Waals surface area (Å²) in [7, 11) is 4.81. The molecule has 1 amide bonds. The lowest BCUT2D eigenvalue weighted by Gasteiger charge is -2.06. The third-order valence-electron chi connectivity index (χ3n) is 2.47. The van der Waals surface area contributed by atoms with Crippen molar-refractivity contribution in [3.63, 3.8) is 0 Å². The number of amides is 1. The van der Waals surface area contributed by atoms with Crippen LogP contribution < -0.4 is 14.8 Å². The highest BCUT2D eigenvalue weighted by atomic mass is 32.1. The minimum absolute atomic E-state index is 0.0795. The smallest absolute Gasteiger partial charge is 0.261 e. The molecule has 0 fully saturated rings. The molecule has 1 heterocycles. The molecule has 6 heteroatoms. The molecule has 1 N–H and O–H groups in total. The highest BCUT2D eigenvalue weighted by molar-refractivity contribution is 7.79. The molecule has 4 nitrogen and oxygen atoms in total. The maximum atomic E-state index is 11.5. The molecule has 0 saturated carbocycles. The lowest BCUT2D eigenvalue weighted by molar-refractivity contribution is 0.0967. The van der Waals surface area contributed by atoms with Crippen LogP contribution in [0.1, 0.15) is 9.67 Å². The van der Waals surface area contributed by atoms with Crippen molar-refractivity contribution >= 4 is 40.0 Å². The number of rotatable bonds is 3. The van der Waals surface area contributed by atoms with Crippen molar-refractivity contribution in [3.05, 3.63) is 23.1 Å². The minimum Gasteiger partial charge on any atom is -0.493 e. The Balaban J connectivity index is 0.000000861. The summed E-state index contributed by atoms with van der Waals surface area (Å²) < 4.78 is 11.4. The van der Waals surface area contributed by atoms with Gasteiger partial charge in [0.2, 0.25) is 0 Å². The Kier molecular flexibility index (Phi) is 5.98. The Hall–Kier alpha value is -1.40. The van der Waals surface area contributed by atoms with Gasteiger partial charge in [0, 0.05) is 17.8 Å². The molecular weight excluding hydrogens is 282 g/mol. The van der Waals surface area contributed by atoms with Crippen LogP contribution in [0.2, 0.25) is 0 Å². The predicted molar refractivity (Wildman–Crippen MR) is 83.2 cm³/mol. The van der Waals surface area contributed by atoms with E-state index in [0.717, 1.165) is 10.1 Å². The van der Waals surface area contributed by atoms with Gasteiger partial charge < -0.3 is 14.8 Å². The fourth-order valence-electron chi connectivity index (χ4n) is 1.60. The quantitative estimate of drug-likeness (QED) is 0.857. The van der Waals surface area contributed by atoms with Crippen LogP contribution in [0.5, 0.6) is 11.5 Å². The number of methoxy groups -OCH3 is 2. The van der Waals surface area contributed by atoms with E-state index < -0.39 is 0 Å². The minimum atomic E-state index is -0.0795. The number of thiol groups is 1. The average Bonchev–Trinajstić information content (AvgIpc) is 2.89. The van der Waals surface area contributed by atoms with Crippen LogP contribution >= 0.6 is 24.0 Å². The van der Waals surface area contributed by atoms with Crippen molar-refractivity contribution in [2.45, 2.75) is 0 Å². The highest BCUT2D eigenvalue weighted by Gasteiger charge is 2.12. The first-order chi connectivity index (χ1) is 9.19. The molecule has 0 spiro atoms. The number of benzene rings is 1. The number of ether oxygens (including phenoxy) is 2. The molecular formula is C13H17NO3S2. The van der Waals surface area contributed by atoms with Crippen LogP contribution in [0.4, 0.5) is 0 Å². The fourth-order valence-corrected chi connectivity index (χ4v) is 2.62. The van der Waals surface area contributed by atoms with Gasteiger partial charge in [-0.25, -0.2) is 0 Å². The molecule has 0 atom stereocenters. The molecule has 0 aliphatic heterocycles. The third kappa shape index (κ3) is 3.33. The number of hydrogen-bond acceptors (Lipinski definition) is 5. The van der Waals surface area contributed by atoms with E-state index in [1.807, 2.05) is 18.2 Å². The topological polar surface area (TPSA) is 47.6 Å². The summed E-state index contributed by atoms with van der Waals surface area (Å²) >= 11 is 4.96. The van der Waals surface area contributed by atoms with Crippen molar-refractivity contribution in [3.8, 4) is 11.5 Å². The summed E-state index contributed by atoms with van der Waals surface area (Å²) in [5, 5.41) is 3.59. The number of nitrogens with one attached hydrogen (secondary N) is 1. The molecule has 0 aliphatic carbocycles. The summed E-state index contributed by atoms with van der Waals surface area (Å²) in [6.45, 7) is 0. The normalized spacial score (nSPS) is 9.53. The van der Waals surface area contributed by atoms with Gasteiger partial charge in [0.25, 0.3) is 5.91 Å². The first kappa shape index (κ1) is 15.7. The van der Waals surface area contributed by atoms with Gasteiger partial charge in [0.1, 0.15) is 0 Å². The second-order valence-electron chi connectivity index (χ2n) is 3.43. The first-order valence-electron chi connectivity index (χ1n) is 5.52. The Morgan fingerprint density at radius 2 is 1.74 bits per heavy atom. The maximum Gasteiger partial charge on any atom is 0.261 e. The predicted octanol–water partition coefficient (Wildman–Crippen LogP) is 2.82. The molecule has 2 aromatic rings. The van der Waals surface area contributed by atoms with E-state index in [9.17, 15) is 4.79 Å². The van der Waals surface area contributed by atoms with Gasteiger partial charge in [0.15, 0.2) is 11.5 Å². The molecule has 0 radical (unpaired) electrons. The lowest BCUT2D eigenvalue weighted by atomic mass is 10.2. The van der Waals surface area contributed by atoms with Gasteiger partial charge in [-0.1, -0.05) is 0 Å². The van der Waals surface area contributed by atoms with Gasteiger partial charge in [-0.05, 0) is 23.8 Å². The van der Waals surface area contributed by atoms with Crippen molar-refractivity contribution < 1.29 is 14.3 Å². The number of carbonyl (C=O) groups is 1. The second kappa shape index (κ2) is 7.25. The van der Waals surface area contributed by atoms with Gasteiger partial charge in [-0.2, -0.15) is 12.6 Å². The van der Waals surface area contributed by atoms with Crippen LogP contribution in [0.3, 0.4) is 0 Å². The SMILES string of the molecule is CNC(=O)c1cc2cc(OC)c(OC)cc2s1.CS. The number of carbonyl (C=O) groups excluding carboxylic acids is 1. The number of fused-ring (bicyclic) bond motifs is 1. The van der Waals surface area contributed by atoms with E-state index in [4.69, 9.17) is 9.47 Å². The lowest BCUT2D eigenvalue weighted by Crippen LogP contribution is -2.15. The monoisotopic (exact) mass is 299 g/mol. The van der Waals surface area contributed by atoms with Crippen molar-refractivity contribution in [1.29, 1.82) is 0 Å². The summed E-state index contributed by atoms with van der Waals surface area (Å²) in [5.41, 5.74) is 0. The van der Waals surface area contributed by atoms with Crippen molar-refractivity contribution in [2.75, 3.05) is 27.5 Å². The van der Waals surface area contributed by atoms with Crippen molar-refractivity contribution in [1.82, 2.24) is 5.32 Å². The first-order valence-corrected chi connectivity index (χ1v) is 7.23. The van der Waals surface area contributed by atoms with Crippen LogP contribution in [-0.4, -0.2) is 33.4 Å². The van der Waals surface area contributed by atoms with E-state index in [-0.39, 0.29) is 5.91 Å². The zero-order valence-corrected chi connectivity index (χ0v) is 13.0. The second-order valence-corrected chi connectivity index (χ2v) is 4.52. The van der Waals surface area contributed by atoms with Crippen molar-refractivity contribution in [2.24, 2.45) is 0 Å². The van der Waals surface area contributed by atoms with E-state index in [0.29, 0.717) is 16.4 Å². The Bertz CT molecular complexity index is 525. The van der Waals surface area contributed by atoms with E-state index in [1.54, 1.807) is 27.5 Å². The molecule has 0 saturated heterocycles. The van der Waals surface area contributed by atoms with Crippen LogP contribution in [-0.2, 0) is 0 Å². The Morgan fingerprint density at radius 3 is 2.26 bits per heavy atom. The molecule has 104 valence electrons. The standard InChI is InChI=1S/C12H13NO3S.CH4S/c1-13-12(14)11-5-7-4-8(15-2)9(16-3)6-10(7)17-11;1-2/h4-6H,1-3H3,(H,13,14);2H,1H3. The summed E-state index contributed by atoms with van der Waals surface area (Å²) in [5.74, 6) is 1.26. The third-order valence-corrected chi connectivity index (χ3v) is 3.57. The van der Waals surface area contributed by atoms with Gasteiger partial charge in [0.05, 0.1) is 19.1 Å². The molecule has 0 aliphatic rings. The molecule has 19 heavy (non-hydrogen) atoms. The zero-order chi connectivity index (χ0) is 14.4. The van der Waals surface area contributed by atoms with E-state index >= 15 is 0 Å². The molecule has 1 aromatic carbocycles. The van der Waals surface area contributed by atoms with Gasteiger partial charge >= 0.3 is 0 Å².